The predicted octanol–water partition coefficient (Wildman–Crippen LogP) is 2.35. The first kappa shape index (κ1) is 20.9. The second kappa shape index (κ2) is 8.39. The first-order valence-corrected chi connectivity index (χ1v) is 12.4. The Morgan fingerprint density at radius 3 is 2.57 bits per heavy atom. The number of nitrogens with one attached hydrogen (secondary N) is 4. The molecule has 1 saturated carbocycles. The van der Waals surface area contributed by atoms with Crippen LogP contribution in [0.25, 0.3) is 10.9 Å². The van der Waals surface area contributed by atoms with Gasteiger partial charge in [-0.1, -0.05) is 32.1 Å². The average Bonchev–Trinajstić information content (AvgIpc) is 3.34. The Kier molecular flexibility index (Phi) is 5.84. The zero-order valence-corrected chi connectivity index (χ0v) is 17.8. The summed E-state index contributed by atoms with van der Waals surface area (Å²) in [7, 11) is -3.64. The van der Waals surface area contributed by atoms with E-state index in [4.69, 9.17) is 0 Å². The number of hydrogen-bond acceptors (Lipinski definition) is 5. The number of anilines is 1. The first-order valence-electron chi connectivity index (χ1n) is 10.5. The largest absolute Gasteiger partial charge is 0.350 e. The average molecular weight is 433 g/mol. The van der Waals surface area contributed by atoms with Crippen molar-refractivity contribution in [2.45, 2.75) is 44.6 Å². The number of sulfonamides is 1. The summed E-state index contributed by atoms with van der Waals surface area (Å²) in [5, 5.41) is 7.10. The van der Waals surface area contributed by atoms with E-state index in [2.05, 4.69) is 15.6 Å². The molecular weight excluding hydrogens is 404 g/mol. The molecule has 2 heterocycles. The minimum absolute atomic E-state index is 0.0204. The van der Waals surface area contributed by atoms with Crippen LogP contribution in [0.1, 0.15) is 49.0 Å². The van der Waals surface area contributed by atoms with Crippen molar-refractivity contribution in [1.29, 1.82) is 0 Å². The molecule has 4 N–H and O–H groups in total. The van der Waals surface area contributed by atoms with Crippen LogP contribution in [0.2, 0.25) is 0 Å². The van der Waals surface area contributed by atoms with Crippen molar-refractivity contribution in [3.8, 4) is 0 Å². The lowest BCUT2D eigenvalue weighted by atomic mass is 9.76. The van der Waals surface area contributed by atoms with Gasteiger partial charge in [-0.05, 0) is 49.1 Å². The van der Waals surface area contributed by atoms with Crippen LogP contribution < -0.4 is 15.4 Å². The van der Waals surface area contributed by atoms with Crippen molar-refractivity contribution in [2.75, 3.05) is 18.1 Å². The Bertz CT molecular complexity index is 1060. The van der Waals surface area contributed by atoms with Crippen LogP contribution in [0.15, 0.2) is 24.3 Å². The Labute approximate surface area is 176 Å². The van der Waals surface area contributed by atoms with Crippen molar-refractivity contribution < 1.29 is 18.0 Å². The van der Waals surface area contributed by atoms with Gasteiger partial charge in [0.1, 0.15) is 5.69 Å². The van der Waals surface area contributed by atoms with E-state index < -0.39 is 15.9 Å². The summed E-state index contributed by atoms with van der Waals surface area (Å²) in [4.78, 5) is 27.9. The highest BCUT2D eigenvalue weighted by molar-refractivity contribution is 7.89. The molecule has 162 valence electrons. The molecule has 2 aliphatic rings. The lowest BCUT2D eigenvalue weighted by Gasteiger charge is -2.30. The van der Waals surface area contributed by atoms with Crippen molar-refractivity contribution in [1.82, 2.24) is 15.0 Å². The van der Waals surface area contributed by atoms with Gasteiger partial charge in [0.15, 0.2) is 0 Å². The molecule has 1 saturated heterocycles. The van der Waals surface area contributed by atoms with E-state index in [1.54, 1.807) is 24.3 Å². The van der Waals surface area contributed by atoms with E-state index >= 15 is 0 Å². The summed E-state index contributed by atoms with van der Waals surface area (Å²) in [6.07, 6.45) is 8.21. The third-order valence-electron chi connectivity index (χ3n) is 6.22. The number of amides is 2. The summed E-state index contributed by atoms with van der Waals surface area (Å²) in [6.45, 7) is 0.870. The SMILES string of the molecule is CS(=O)(=O)NC(=O)c1cc2cc(NC(=O)[C@@H]3NCC[C@H]3C3CCCCC3)ccc2[nH]1. The molecule has 30 heavy (non-hydrogen) atoms. The van der Waals surface area contributed by atoms with E-state index in [1.165, 1.54) is 32.1 Å². The summed E-state index contributed by atoms with van der Waals surface area (Å²) in [5.41, 5.74) is 1.48. The zero-order chi connectivity index (χ0) is 21.3. The lowest BCUT2D eigenvalue weighted by Crippen LogP contribution is -2.42. The molecule has 0 unspecified atom stereocenters. The standard InChI is InChI=1S/C21H28N4O4S/c1-30(28,29)25-20(26)18-12-14-11-15(7-8-17(14)24-18)23-21(27)19-16(9-10-22-19)13-5-3-2-4-6-13/h7-8,11-13,16,19,22,24H,2-6,9-10H2,1H3,(H,23,27)(H,25,26)/t16-,19+/m0/s1. The lowest BCUT2D eigenvalue weighted by molar-refractivity contribution is -0.119. The van der Waals surface area contributed by atoms with Crippen molar-refractivity contribution >= 4 is 38.4 Å². The smallest absolute Gasteiger partial charge is 0.281 e. The van der Waals surface area contributed by atoms with Crippen LogP contribution >= 0.6 is 0 Å². The number of fused-ring (bicyclic) bond motifs is 1. The van der Waals surface area contributed by atoms with Crippen LogP contribution in [0.5, 0.6) is 0 Å². The highest BCUT2D eigenvalue weighted by Gasteiger charge is 2.38. The summed E-state index contributed by atoms with van der Waals surface area (Å²) in [5.74, 6) is 0.262. The topological polar surface area (TPSA) is 120 Å². The molecule has 2 aromatic rings. The third-order valence-corrected chi connectivity index (χ3v) is 6.78. The van der Waals surface area contributed by atoms with Crippen LogP contribution in [0.3, 0.4) is 0 Å². The Hall–Kier alpha value is -2.39. The second-order valence-corrected chi connectivity index (χ2v) is 10.2. The molecule has 4 rings (SSSR count). The molecule has 0 bridgehead atoms. The van der Waals surface area contributed by atoms with E-state index in [9.17, 15) is 18.0 Å². The van der Waals surface area contributed by atoms with Gasteiger partial charge in [0.05, 0.1) is 12.3 Å². The van der Waals surface area contributed by atoms with Gasteiger partial charge in [-0.3, -0.25) is 9.59 Å². The van der Waals surface area contributed by atoms with Crippen LogP contribution in [0.4, 0.5) is 5.69 Å². The van der Waals surface area contributed by atoms with E-state index in [0.717, 1.165) is 24.6 Å². The van der Waals surface area contributed by atoms with Gasteiger partial charge in [0, 0.05) is 16.6 Å². The van der Waals surface area contributed by atoms with Crippen LogP contribution in [-0.2, 0) is 14.8 Å². The molecule has 1 aromatic heterocycles. The molecular formula is C21H28N4O4S. The molecule has 9 heteroatoms. The van der Waals surface area contributed by atoms with Crippen molar-refractivity contribution in [3.63, 3.8) is 0 Å². The molecule has 1 aliphatic carbocycles. The van der Waals surface area contributed by atoms with Crippen molar-refractivity contribution in [2.24, 2.45) is 11.8 Å². The molecule has 1 aliphatic heterocycles. The number of hydrogen-bond donors (Lipinski definition) is 4. The van der Waals surface area contributed by atoms with E-state index in [0.29, 0.717) is 23.0 Å². The molecule has 2 atom stereocenters. The van der Waals surface area contributed by atoms with Crippen molar-refractivity contribution in [3.05, 3.63) is 30.0 Å². The van der Waals surface area contributed by atoms with Gasteiger partial charge in [-0.2, -0.15) is 0 Å². The maximum atomic E-state index is 13.0. The minimum Gasteiger partial charge on any atom is -0.350 e. The highest BCUT2D eigenvalue weighted by atomic mass is 32.2. The number of benzene rings is 1. The molecule has 8 nitrogen and oxygen atoms in total. The molecule has 0 radical (unpaired) electrons. The zero-order valence-electron chi connectivity index (χ0n) is 17.0. The number of carbonyl (C=O) groups is 2. The Morgan fingerprint density at radius 2 is 1.83 bits per heavy atom. The highest BCUT2D eigenvalue weighted by Crippen LogP contribution is 2.36. The number of rotatable bonds is 5. The maximum absolute atomic E-state index is 13.0. The quantitative estimate of drug-likeness (QED) is 0.578. The summed E-state index contributed by atoms with van der Waals surface area (Å²) < 4.78 is 24.5. The number of H-pyrrole nitrogens is 1. The van der Waals surface area contributed by atoms with Gasteiger partial charge < -0.3 is 15.6 Å². The second-order valence-electron chi connectivity index (χ2n) is 8.46. The molecule has 0 spiro atoms. The molecule has 1 aromatic carbocycles. The maximum Gasteiger partial charge on any atom is 0.281 e. The fourth-order valence-corrected chi connectivity index (χ4v) is 5.30. The third kappa shape index (κ3) is 4.67. The Balaban J connectivity index is 1.46. The number of aromatic nitrogens is 1. The van der Waals surface area contributed by atoms with Crippen LogP contribution in [-0.4, -0.2) is 44.1 Å². The monoisotopic (exact) mass is 432 g/mol. The van der Waals surface area contributed by atoms with E-state index in [1.807, 2.05) is 4.72 Å². The van der Waals surface area contributed by atoms with Gasteiger partial charge in [-0.15, -0.1) is 0 Å². The number of carbonyl (C=O) groups excluding carboxylic acids is 2. The minimum atomic E-state index is -3.64. The summed E-state index contributed by atoms with van der Waals surface area (Å²) >= 11 is 0. The van der Waals surface area contributed by atoms with Gasteiger partial charge in [-0.25, -0.2) is 13.1 Å². The summed E-state index contributed by atoms with van der Waals surface area (Å²) in [6, 6.07) is 6.73. The Morgan fingerprint density at radius 1 is 1.07 bits per heavy atom. The fraction of sp³-hybridized carbons (Fsp3) is 0.524. The van der Waals surface area contributed by atoms with Gasteiger partial charge >= 0.3 is 0 Å². The van der Waals surface area contributed by atoms with Gasteiger partial charge in [0.25, 0.3) is 5.91 Å². The first-order chi connectivity index (χ1) is 14.3. The molecule has 2 amide bonds. The number of aromatic amines is 1. The predicted molar refractivity (Wildman–Crippen MR) is 116 cm³/mol. The normalized spacial score (nSPS) is 22.8. The van der Waals surface area contributed by atoms with Gasteiger partial charge in [0.2, 0.25) is 15.9 Å². The van der Waals surface area contributed by atoms with E-state index in [-0.39, 0.29) is 17.6 Å². The molecule has 2 fully saturated rings. The fourth-order valence-electron chi connectivity index (χ4n) is 4.86. The van der Waals surface area contributed by atoms with Crippen LogP contribution in [0, 0.1) is 11.8 Å².